The molecule has 1 unspecified atom stereocenters. The van der Waals surface area contributed by atoms with Crippen LogP contribution in [-0.4, -0.2) is 21.9 Å². The van der Waals surface area contributed by atoms with Gasteiger partial charge >= 0.3 is 0 Å². The Balaban J connectivity index is 3.95. The second-order valence-electron chi connectivity index (χ2n) is 2.94. The number of hydrogen-bond donors (Lipinski definition) is 2. The predicted octanol–water partition coefficient (Wildman–Crippen LogP) is 1.47. The van der Waals surface area contributed by atoms with E-state index in [4.69, 9.17) is 0 Å². The van der Waals surface area contributed by atoms with Crippen molar-refractivity contribution in [1.29, 1.82) is 0 Å². The van der Waals surface area contributed by atoms with E-state index >= 15 is 0 Å². The minimum absolute atomic E-state index is 0.392. The molecular formula is C9H18O2. The van der Waals surface area contributed by atoms with Gasteiger partial charge in [-0.15, -0.1) is 6.58 Å². The lowest BCUT2D eigenvalue weighted by molar-refractivity contribution is -0.00560. The van der Waals surface area contributed by atoms with Crippen molar-refractivity contribution < 1.29 is 10.2 Å². The van der Waals surface area contributed by atoms with Gasteiger partial charge in [-0.25, -0.2) is 0 Å². The molecule has 0 aliphatic carbocycles. The average Bonchev–Trinajstić information content (AvgIpc) is 2.04. The molecule has 0 saturated carbocycles. The van der Waals surface area contributed by atoms with Crippen LogP contribution < -0.4 is 0 Å². The minimum Gasteiger partial charge on any atom is -0.390 e. The standard InChI is InChI=1S/C9H18O2/c1-4-8(10)7-9(11,5-2)6-3/h4,8,10-11H,1,5-7H2,2-3H3. The first kappa shape index (κ1) is 10.7. The summed E-state index contributed by atoms with van der Waals surface area (Å²) in [6.07, 6.45) is 2.61. The van der Waals surface area contributed by atoms with Gasteiger partial charge in [-0.2, -0.15) is 0 Å². The SMILES string of the molecule is C=CC(O)CC(O)(CC)CC. The van der Waals surface area contributed by atoms with Crippen molar-refractivity contribution in [3.05, 3.63) is 12.7 Å². The third-order valence-electron chi connectivity index (χ3n) is 2.18. The molecule has 0 aromatic rings. The fourth-order valence-corrected chi connectivity index (χ4v) is 1.01. The molecule has 0 spiro atoms. The molecule has 2 heteroatoms. The summed E-state index contributed by atoms with van der Waals surface area (Å²) in [6, 6.07) is 0. The second kappa shape index (κ2) is 4.52. The Morgan fingerprint density at radius 3 is 2.18 bits per heavy atom. The third kappa shape index (κ3) is 3.54. The van der Waals surface area contributed by atoms with Crippen molar-refractivity contribution in [2.45, 2.75) is 44.8 Å². The van der Waals surface area contributed by atoms with Crippen LogP contribution in [0.4, 0.5) is 0 Å². The van der Waals surface area contributed by atoms with Crippen LogP contribution in [0.15, 0.2) is 12.7 Å². The highest BCUT2D eigenvalue weighted by molar-refractivity contribution is 4.86. The van der Waals surface area contributed by atoms with Crippen LogP contribution in [0, 0.1) is 0 Å². The van der Waals surface area contributed by atoms with E-state index in [0.29, 0.717) is 19.3 Å². The van der Waals surface area contributed by atoms with Gasteiger partial charge in [0.05, 0.1) is 11.7 Å². The van der Waals surface area contributed by atoms with Crippen LogP contribution in [0.1, 0.15) is 33.1 Å². The van der Waals surface area contributed by atoms with Crippen molar-refractivity contribution in [3.8, 4) is 0 Å². The van der Waals surface area contributed by atoms with Crippen molar-refractivity contribution >= 4 is 0 Å². The molecule has 2 nitrogen and oxygen atoms in total. The minimum atomic E-state index is -0.715. The number of aliphatic hydroxyl groups excluding tert-OH is 1. The molecule has 0 rings (SSSR count). The predicted molar refractivity (Wildman–Crippen MR) is 46.4 cm³/mol. The van der Waals surface area contributed by atoms with Gasteiger partial charge in [0.2, 0.25) is 0 Å². The van der Waals surface area contributed by atoms with Gasteiger partial charge in [0.1, 0.15) is 0 Å². The summed E-state index contributed by atoms with van der Waals surface area (Å²) in [4.78, 5) is 0. The summed E-state index contributed by atoms with van der Waals surface area (Å²) in [5.41, 5.74) is -0.715. The highest BCUT2D eigenvalue weighted by Crippen LogP contribution is 2.21. The van der Waals surface area contributed by atoms with Gasteiger partial charge in [0.25, 0.3) is 0 Å². The lowest BCUT2D eigenvalue weighted by Gasteiger charge is -2.26. The quantitative estimate of drug-likeness (QED) is 0.595. The van der Waals surface area contributed by atoms with Gasteiger partial charge in [0, 0.05) is 6.42 Å². The Morgan fingerprint density at radius 1 is 1.45 bits per heavy atom. The molecule has 0 amide bonds. The molecule has 0 bridgehead atoms. The maximum absolute atomic E-state index is 9.72. The molecule has 0 aromatic heterocycles. The van der Waals surface area contributed by atoms with Gasteiger partial charge in [-0.05, 0) is 12.8 Å². The summed E-state index contributed by atoms with van der Waals surface area (Å²) < 4.78 is 0. The average molecular weight is 158 g/mol. The monoisotopic (exact) mass is 158 g/mol. The number of rotatable bonds is 5. The molecule has 0 aromatic carbocycles. The van der Waals surface area contributed by atoms with Crippen LogP contribution in [0.25, 0.3) is 0 Å². The Kier molecular flexibility index (Phi) is 4.38. The third-order valence-corrected chi connectivity index (χ3v) is 2.18. The molecule has 0 aliphatic rings. The summed E-state index contributed by atoms with van der Waals surface area (Å²) in [6.45, 7) is 7.28. The summed E-state index contributed by atoms with van der Waals surface area (Å²) in [5, 5.41) is 18.9. The maximum Gasteiger partial charge on any atom is 0.0745 e. The van der Waals surface area contributed by atoms with E-state index in [0.717, 1.165) is 0 Å². The normalized spacial score (nSPS) is 14.5. The first-order chi connectivity index (χ1) is 5.08. The first-order valence-electron chi connectivity index (χ1n) is 4.11. The van der Waals surface area contributed by atoms with Crippen LogP contribution in [-0.2, 0) is 0 Å². The van der Waals surface area contributed by atoms with E-state index in [1.54, 1.807) is 0 Å². The van der Waals surface area contributed by atoms with Crippen molar-refractivity contribution in [2.75, 3.05) is 0 Å². The fraction of sp³-hybridized carbons (Fsp3) is 0.778. The van der Waals surface area contributed by atoms with Gasteiger partial charge < -0.3 is 10.2 Å². The maximum atomic E-state index is 9.72. The molecule has 2 N–H and O–H groups in total. The van der Waals surface area contributed by atoms with E-state index in [9.17, 15) is 10.2 Å². The van der Waals surface area contributed by atoms with Crippen LogP contribution >= 0.6 is 0 Å². The van der Waals surface area contributed by atoms with Gasteiger partial charge in [-0.1, -0.05) is 19.9 Å². The highest BCUT2D eigenvalue weighted by atomic mass is 16.3. The lowest BCUT2D eigenvalue weighted by atomic mass is 9.91. The molecule has 66 valence electrons. The van der Waals surface area contributed by atoms with Crippen LogP contribution in [0.3, 0.4) is 0 Å². The Bertz CT molecular complexity index is 117. The van der Waals surface area contributed by atoms with E-state index in [1.807, 2.05) is 13.8 Å². The summed E-state index contributed by atoms with van der Waals surface area (Å²) in [5.74, 6) is 0. The molecule has 0 saturated heterocycles. The van der Waals surface area contributed by atoms with Crippen LogP contribution in [0.2, 0.25) is 0 Å². The zero-order chi connectivity index (χ0) is 8.91. The Labute approximate surface area is 68.6 Å². The zero-order valence-electron chi connectivity index (χ0n) is 7.38. The number of hydrogen-bond acceptors (Lipinski definition) is 2. The first-order valence-corrected chi connectivity index (χ1v) is 4.11. The largest absolute Gasteiger partial charge is 0.390 e. The molecular weight excluding hydrogens is 140 g/mol. The second-order valence-corrected chi connectivity index (χ2v) is 2.94. The highest BCUT2D eigenvalue weighted by Gasteiger charge is 2.24. The van der Waals surface area contributed by atoms with Gasteiger partial charge in [0.15, 0.2) is 0 Å². The summed E-state index contributed by atoms with van der Waals surface area (Å²) >= 11 is 0. The molecule has 0 radical (unpaired) electrons. The lowest BCUT2D eigenvalue weighted by Crippen LogP contribution is -2.31. The molecule has 11 heavy (non-hydrogen) atoms. The van der Waals surface area contributed by atoms with Gasteiger partial charge in [-0.3, -0.25) is 0 Å². The van der Waals surface area contributed by atoms with E-state index in [2.05, 4.69) is 6.58 Å². The Morgan fingerprint density at radius 2 is 1.91 bits per heavy atom. The van der Waals surface area contributed by atoms with E-state index < -0.39 is 11.7 Å². The van der Waals surface area contributed by atoms with E-state index in [1.165, 1.54) is 6.08 Å². The van der Waals surface area contributed by atoms with Crippen LogP contribution in [0.5, 0.6) is 0 Å². The molecule has 1 atom stereocenters. The topological polar surface area (TPSA) is 40.5 Å². The zero-order valence-corrected chi connectivity index (χ0v) is 7.38. The summed E-state index contributed by atoms with van der Waals surface area (Å²) in [7, 11) is 0. The fourth-order valence-electron chi connectivity index (χ4n) is 1.01. The van der Waals surface area contributed by atoms with Crippen molar-refractivity contribution in [1.82, 2.24) is 0 Å². The van der Waals surface area contributed by atoms with E-state index in [-0.39, 0.29) is 0 Å². The smallest absolute Gasteiger partial charge is 0.0745 e. The number of aliphatic hydroxyl groups is 2. The molecule has 0 fully saturated rings. The Hall–Kier alpha value is -0.340. The van der Waals surface area contributed by atoms with Crippen molar-refractivity contribution in [2.24, 2.45) is 0 Å². The molecule has 0 heterocycles. The molecule has 0 aliphatic heterocycles. The van der Waals surface area contributed by atoms with Crippen molar-refractivity contribution in [3.63, 3.8) is 0 Å².